The van der Waals surface area contributed by atoms with Crippen LogP contribution in [-0.2, 0) is 70.4 Å². The van der Waals surface area contributed by atoms with E-state index < -0.39 is 177 Å². The summed E-state index contributed by atoms with van der Waals surface area (Å²) in [5.41, 5.74) is 12.4. The van der Waals surface area contributed by atoms with Crippen molar-refractivity contribution in [3.8, 4) is 11.5 Å². The maximum Gasteiger partial charge on any atom is 0.303 e. The van der Waals surface area contributed by atoms with Crippen molar-refractivity contribution in [3.63, 3.8) is 0 Å². The van der Waals surface area contributed by atoms with Gasteiger partial charge in [0.1, 0.15) is 51.2 Å². The molecule has 0 aromatic heterocycles. The molecular weight excluding hydrogens is 1200 g/mol. The second-order valence-corrected chi connectivity index (χ2v) is 27.5. The summed E-state index contributed by atoms with van der Waals surface area (Å²) >= 11 is 0. The van der Waals surface area contributed by atoms with Gasteiger partial charge in [-0.2, -0.15) is 0 Å². The first-order valence-electron chi connectivity index (χ1n) is 26.1. The van der Waals surface area contributed by atoms with Crippen LogP contribution in [0.15, 0.2) is 48.5 Å². The number of hydrogen-bond donors (Lipinski definition) is 13. The maximum absolute atomic E-state index is 16.0. The lowest BCUT2D eigenvalue weighted by molar-refractivity contribution is -0.142. The molecule has 83 heavy (non-hydrogen) atoms. The minimum atomic E-state index is -1.82. The number of nitrogens with two attached hydrogens (primary N) is 1. The van der Waals surface area contributed by atoms with Gasteiger partial charge in [-0.05, 0) is 81.3 Å². The first-order valence-corrected chi connectivity index (χ1v) is 32.9. The molecule has 6 unspecified atom stereocenters. The number of aliphatic carboxylic acids is 1. The van der Waals surface area contributed by atoms with Crippen molar-refractivity contribution in [2.24, 2.45) is 5.73 Å². The van der Waals surface area contributed by atoms with Gasteiger partial charge in [-0.25, -0.2) is 10.9 Å². The molecule has 5 fully saturated rings. The van der Waals surface area contributed by atoms with E-state index in [-0.39, 0.29) is 43.7 Å². The number of aromatic hydroxyl groups is 2. The number of carboxylic acids is 1. The topological polar surface area (TPSA) is 414 Å². The Kier molecular flexibility index (Phi) is 23.7. The van der Waals surface area contributed by atoms with Gasteiger partial charge in [-0.1, -0.05) is 89.0 Å². The van der Waals surface area contributed by atoms with E-state index in [0.29, 0.717) is 60.6 Å². The smallest absolute Gasteiger partial charge is 0.303 e. The van der Waals surface area contributed by atoms with Gasteiger partial charge in [-0.3, -0.25) is 74.0 Å². The second kappa shape index (κ2) is 30.2. The van der Waals surface area contributed by atoms with Gasteiger partial charge in [0.15, 0.2) is 22.7 Å². The molecule has 14 N–H and O–H groups in total. The summed E-state index contributed by atoms with van der Waals surface area (Å²) in [5, 5.41) is 48.9. The highest BCUT2D eigenvalue weighted by Crippen LogP contribution is 2.44. The second-order valence-electron chi connectivity index (χ2n) is 20.0. The van der Waals surface area contributed by atoms with Crippen LogP contribution in [0.2, 0.25) is 0 Å². The fourth-order valence-electron chi connectivity index (χ4n) is 9.34. The molecule has 14 atom stereocenters. The highest BCUT2D eigenvalue weighted by atomic mass is 33.1. The molecule has 7 rings (SSSR count). The van der Waals surface area contributed by atoms with Crippen LogP contribution >= 0.6 is 64.8 Å². The molecule has 0 radical (unpaired) electrons. The number of benzene rings is 2. The normalized spacial score (nSPS) is 30.2. The average Bonchev–Trinajstić information content (AvgIpc) is 4.24. The SMILES string of the molecule is C[C@@H]1NC(=O)[C@@H]2CCCN2C(=O)[C@H](CC(N)=O)NC2SSC3NCN(C3=O)C3SSC(N[C@@H]([C@@H](C)O)C(=O)NCC(=O)C(N[C@H](C=O)Cc4ccc(O)cc4)SSC2C(=O)[C@H](Cc2ccc(O)cc2)NN[C@@H](CCC(=O)O)C(=O)C3=O)C1=O. The van der Waals surface area contributed by atoms with Crippen LogP contribution in [0.1, 0.15) is 57.1 Å². The number of fused-ring (bicyclic) bond motifs is 3. The summed E-state index contributed by atoms with van der Waals surface area (Å²) < 4.78 is 0. The minimum Gasteiger partial charge on any atom is -0.508 e. The molecule has 33 heteroatoms. The summed E-state index contributed by atoms with van der Waals surface area (Å²) in [6.45, 7) is 1.24. The highest BCUT2D eigenvalue weighted by molar-refractivity contribution is 8.79. The monoisotopic (exact) mass is 1270 g/mol. The zero-order valence-corrected chi connectivity index (χ0v) is 49.4. The lowest BCUT2D eigenvalue weighted by Gasteiger charge is -2.35. The van der Waals surface area contributed by atoms with E-state index in [0.717, 1.165) is 26.5 Å². The molecule has 5 aliphatic rings. The third-order valence-electron chi connectivity index (χ3n) is 13.8. The van der Waals surface area contributed by atoms with Crippen LogP contribution in [0, 0.1) is 0 Å². The van der Waals surface area contributed by atoms with Crippen molar-refractivity contribution in [2.75, 3.05) is 19.8 Å². The Morgan fingerprint density at radius 2 is 1.45 bits per heavy atom. The number of aliphatic hydroxyl groups is 1. The van der Waals surface area contributed by atoms with Crippen molar-refractivity contribution in [1.29, 1.82) is 0 Å². The van der Waals surface area contributed by atoms with Gasteiger partial charge < -0.3 is 51.4 Å². The van der Waals surface area contributed by atoms with Crippen LogP contribution in [0.5, 0.6) is 11.5 Å². The van der Waals surface area contributed by atoms with Gasteiger partial charge in [0.25, 0.3) is 5.91 Å². The molecule has 0 spiro atoms. The maximum atomic E-state index is 16.0. The average molecular weight is 1270 g/mol. The number of amides is 5. The van der Waals surface area contributed by atoms with Crippen LogP contribution in [0.25, 0.3) is 0 Å². The summed E-state index contributed by atoms with van der Waals surface area (Å²) in [5.74, 6) is -11.1. The molecule has 6 bridgehead atoms. The number of nitrogens with one attached hydrogen (secondary N) is 8. The number of phenols is 2. The van der Waals surface area contributed by atoms with Gasteiger partial charge in [0, 0.05) is 13.0 Å². The van der Waals surface area contributed by atoms with E-state index in [4.69, 9.17) is 5.73 Å². The summed E-state index contributed by atoms with van der Waals surface area (Å²) in [7, 11) is 4.11. The molecule has 5 heterocycles. The first-order chi connectivity index (χ1) is 39.5. The predicted molar refractivity (Wildman–Crippen MR) is 310 cm³/mol. The summed E-state index contributed by atoms with van der Waals surface area (Å²) in [4.78, 5) is 174. The number of ketones is 5. The summed E-state index contributed by atoms with van der Waals surface area (Å²) in [6.07, 6.45) is -3.11. The van der Waals surface area contributed by atoms with Crippen molar-refractivity contribution < 1.29 is 78.0 Å². The number of Topliss-reactive ketones (excluding diaryl/α,β-unsaturated/α-hetero) is 5. The van der Waals surface area contributed by atoms with E-state index in [2.05, 4.69) is 42.8 Å². The Morgan fingerprint density at radius 1 is 0.783 bits per heavy atom. The Hall–Kier alpha value is -5.30. The number of carboxylic acid groups (broad SMARTS) is 1. The molecule has 2 aromatic carbocycles. The molecule has 27 nitrogen and oxygen atoms in total. The zero-order valence-electron chi connectivity index (χ0n) is 44.5. The molecule has 0 saturated carbocycles. The van der Waals surface area contributed by atoms with E-state index >= 15 is 9.59 Å². The largest absolute Gasteiger partial charge is 0.508 e. The molecule has 2 aromatic rings. The van der Waals surface area contributed by atoms with Crippen molar-refractivity contribution >= 4 is 135 Å². The van der Waals surface area contributed by atoms with E-state index in [1.807, 2.05) is 0 Å². The molecular formula is C50H63N11O16S6. The Balaban J connectivity index is 1.49. The standard InChI is InChI=1S/C50H63N11O16S6/c1-22-37(70)45-57-36(23(2)63)43(75)52-19-33(66)44(55-26(20-62)16-24-5-9-27(64)10-6-24)79-78-41-39(72)30(17-25-7-11-28(65)12-8-25)59-58-29(13-14-35(68)69)38(71)40(73)50(83-80-45)61-21-53-47(49(61)77)82-81-46(41)56-31(18-34(51)67)48(76)60-15-3-4-32(60)42(74)54-22/h5-12,20,22-23,26,29-32,36,41,44-47,50,53,55-59,63-65H,3-4,13-19,21H2,1-2H3,(H2,51,67)(H,52,75)(H,54,74)(H,68,69)/t22-,23+,26-,29-,30-,31-,32-,36-,41?,44?,45?,46?,47?,50?/m0/s1. The first kappa shape index (κ1) is 65.2. The van der Waals surface area contributed by atoms with Crippen LogP contribution in [-0.4, -0.2) is 201 Å². The molecule has 0 aliphatic carbocycles. The highest BCUT2D eigenvalue weighted by Gasteiger charge is 2.48. The molecule has 5 aliphatic heterocycles. The third kappa shape index (κ3) is 17.2. The number of aliphatic hydroxyl groups excluding tert-OH is 1. The van der Waals surface area contributed by atoms with E-state index in [9.17, 15) is 68.4 Å². The summed E-state index contributed by atoms with van der Waals surface area (Å²) in [6, 6.07) is 0.965. The van der Waals surface area contributed by atoms with Crippen molar-refractivity contribution in [3.05, 3.63) is 59.7 Å². The fraction of sp³-hybridized carbons (Fsp3) is 0.520. The number of carbonyl (C=O) groups excluding carboxylic acids is 11. The number of aldehydes is 1. The molecule has 450 valence electrons. The van der Waals surface area contributed by atoms with Crippen LogP contribution in [0.3, 0.4) is 0 Å². The number of primary amides is 1. The number of hydrazine groups is 1. The number of carbonyl (C=O) groups is 12. The number of phenolic OH excluding ortho intramolecular Hbond substituents is 2. The lowest BCUT2D eigenvalue weighted by Crippen LogP contribution is -2.60. The van der Waals surface area contributed by atoms with Gasteiger partial charge >= 0.3 is 5.97 Å². The Morgan fingerprint density at radius 3 is 2.10 bits per heavy atom. The van der Waals surface area contributed by atoms with Gasteiger partial charge in [0.05, 0.1) is 61.3 Å². The number of hydrogen-bond acceptors (Lipinski definition) is 27. The fourth-order valence-corrected chi connectivity index (χ4v) is 18.6. The van der Waals surface area contributed by atoms with Crippen molar-refractivity contribution in [2.45, 2.75) is 139 Å². The van der Waals surface area contributed by atoms with Crippen LogP contribution < -0.4 is 48.5 Å². The zero-order chi connectivity index (χ0) is 60.2. The van der Waals surface area contributed by atoms with E-state index in [1.165, 1.54) is 55.1 Å². The molecule has 5 saturated heterocycles. The molecule has 5 amide bonds. The van der Waals surface area contributed by atoms with Gasteiger partial charge in [-0.15, -0.1) is 0 Å². The quantitative estimate of drug-likeness (QED) is 0.0583. The minimum absolute atomic E-state index is 0.0210. The van der Waals surface area contributed by atoms with Crippen LogP contribution in [0.4, 0.5) is 0 Å². The van der Waals surface area contributed by atoms with E-state index in [1.54, 1.807) is 12.1 Å². The lowest BCUT2D eigenvalue weighted by atomic mass is 9.99. The van der Waals surface area contributed by atoms with Crippen molar-refractivity contribution in [1.82, 2.24) is 52.6 Å². The predicted octanol–water partition coefficient (Wildman–Crippen LogP) is -2.06. The number of rotatable bonds is 13. The number of nitrogens with zero attached hydrogens (tertiary/aromatic N) is 2. The Labute approximate surface area is 499 Å². The van der Waals surface area contributed by atoms with Gasteiger partial charge in [0.2, 0.25) is 35.2 Å². The third-order valence-corrected chi connectivity index (χ3v) is 22.5. The Bertz CT molecular complexity index is 2790.